The van der Waals surface area contributed by atoms with E-state index in [0.717, 1.165) is 63.4 Å². The number of hydrogen-bond acceptors (Lipinski definition) is 4. The maximum absolute atomic E-state index is 11.3. The molecule has 130 valence electrons. The highest BCUT2D eigenvalue weighted by molar-refractivity contribution is 5.73. The van der Waals surface area contributed by atoms with Gasteiger partial charge in [0, 0.05) is 45.9 Å². The van der Waals surface area contributed by atoms with Gasteiger partial charge in [0.2, 0.25) is 5.91 Å². The van der Waals surface area contributed by atoms with Crippen molar-refractivity contribution in [1.29, 1.82) is 0 Å². The molecule has 1 fully saturated rings. The average molecular weight is 330 g/mol. The van der Waals surface area contributed by atoms with Gasteiger partial charge in [-0.1, -0.05) is 6.07 Å². The van der Waals surface area contributed by atoms with E-state index < -0.39 is 0 Å². The summed E-state index contributed by atoms with van der Waals surface area (Å²) in [5.41, 5.74) is 2.07. The number of ether oxygens (including phenoxy) is 1. The van der Waals surface area contributed by atoms with Crippen LogP contribution in [-0.2, 0) is 16.1 Å². The Morgan fingerprint density at radius 1 is 1.21 bits per heavy atom. The Labute approximate surface area is 143 Å². The molecule has 0 aliphatic carbocycles. The molecule has 0 aromatic carbocycles. The summed E-state index contributed by atoms with van der Waals surface area (Å²) in [7, 11) is 0. The smallest absolute Gasteiger partial charge is 0.219 e. The molecule has 0 atom stereocenters. The number of carbonyl (C=O) groups excluding carboxylic acids is 1. The van der Waals surface area contributed by atoms with Crippen molar-refractivity contribution in [2.45, 2.75) is 26.4 Å². The zero-order chi connectivity index (χ0) is 16.8. The van der Waals surface area contributed by atoms with E-state index in [1.165, 1.54) is 0 Å². The molecule has 2 aromatic rings. The fourth-order valence-corrected chi connectivity index (χ4v) is 3.06. The summed E-state index contributed by atoms with van der Waals surface area (Å²) >= 11 is 0. The molecule has 0 radical (unpaired) electrons. The minimum Gasteiger partial charge on any atom is -0.375 e. The van der Waals surface area contributed by atoms with E-state index in [0.29, 0.717) is 6.61 Å². The van der Waals surface area contributed by atoms with Crippen molar-refractivity contribution in [1.82, 2.24) is 19.4 Å². The summed E-state index contributed by atoms with van der Waals surface area (Å²) in [5, 5.41) is 4.48. The highest BCUT2D eigenvalue weighted by Crippen LogP contribution is 2.08. The molecule has 0 spiro atoms. The molecule has 3 heterocycles. The predicted molar refractivity (Wildman–Crippen MR) is 92.8 cm³/mol. The van der Waals surface area contributed by atoms with E-state index in [2.05, 4.69) is 16.1 Å². The van der Waals surface area contributed by atoms with Crippen LogP contribution < -0.4 is 0 Å². The Hall–Kier alpha value is -1.92. The Morgan fingerprint density at radius 2 is 2.04 bits per heavy atom. The van der Waals surface area contributed by atoms with E-state index in [9.17, 15) is 4.79 Å². The Morgan fingerprint density at radius 3 is 2.79 bits per heavy atom. The largest absolute Gasteiger partial charge is 0.375 e. The molecule has 1 aliphatic heterocycles. The van der Waals surface area contributed by atoms with Gasteiger partial charge in [-0.25, -0.2) is 4.52 Å². The average Bonchev–Trinajstić information content (AvgIpc) is 3.01. The normalized spacial score (nSPS) is 16.0. The highest BCUT2D eigenvalue weighted by Gasteiger charge is 2.17. The zero-order valence-electron chi connectivity index (χ0n) is 14.4. The number of rotatable bonds is 7. The minimum atomic E-state index is 0.190. The number of pyridine rings is 1. The lowest BCUT2D eigenvalue weighted by Crippen LogP contribution is -2.48. The molecule has 6 heteroatoms. The Kier molecular flexibility index (Phi) is 5.82. The molecule has 0 unspecified atom stereocenters. The summed E-state index contributed by atoms with van der Waals surface area (Å²) in [6, 6.07) is 8.09. The number of hydrogen-bond donors (Lipinski definition) is 0. The molecular formula is C18H26N4O2. The Bertz CT molecular complexity index is 629. The van der Waals surface area contributed by atoms with Crippen LogP contribution in [0.15, 0.2) is 30.5 Å². The number of piperazine rings is 1. The number of unbranched alkanes of at least 4 members (excludes halogenated alkanes) is 1. The number of fused-ring (bicyclic) bond motifs is 1. The standard InChI is InChI=1S/C18H26N4O2/c1-16(23)21-11-9-20(10-12-21)7-4-5-13-24-15-17-14-18-6-2-3-8-22(18)19-17/h2-3,6,8,14H,4-5,7,9-13,15H2,1H3. The first kappa shape index (κ1) is 16.9. The van der Waals surface area contributed by atoms with E-state index in [4.69, 9.17) is 4.74 Å². The second-order valence-electron chi connectivity index (χ2n) is 6.31. The minimum absolute atomic E-state index is 0.190. The molecule has 0 N–H and O–H groups in total. The lowest BCUT2D eigenvalue weighted by molar-refractivity contribution is -0.130. The topological polar surface area (TPSA) is 50.1 Å². The maximum atomic E-state index is 11.3. The van der Waals surface area contributed by atoms with Gasteiger partial charge in [-0.3, -0.25) is 9.69 Å². The summed E-state index contributed by atoms with van der Waals surface area (Å²) in [4.78, 5) is 15.7. The first-order chi connectivity index (χ1) is 11.7. The van der Waals surface area contributed by atoms with Gasteiger partial charge in [0.15, 0.2) is 0 Å². The van der Waals surface area contributed by atoms with Crippen molar-refractivity contribution in [2.75, 3.05) is 39.3 Å². The van der Waals surface area contributed by atoms with Crippen LogP contribution in [0.2, 0.25) is 0 Å². The molecular weight excluding hydrogens is 304 g/mol. The van der Waals surface area contributed by atoms with Crippen LogP contribution in [0.4, 0.5) is 0 Å². The number of amides is 1. The van der Waals surface area contributed by atoms with Crippen molar-refractivity contribution in [3.05, 3.63) is 36.2 Å². The van der Waals surface area contributed by atoms with Gasteiger partial charge in [-0.05, 0) is 37.6 Å². The summed E-state index contributed by atoms with van der Waals surface area (Å²) < 4.78 is 7.61. The lowest BCUT2D eigenvalue weighted by Gasteiger charge is -2.34. The predicted octanol–water partition coefficient (Wildman–Crippen LogP) is 1.80. The van der Waals surface area contributed by atoms with Crippen LogP contribution in [0.25, 0.3) is 5.52 Å². The molecule has 0 saturated carbocycles. The van der Waals surface area contributed by atoms with Gasteiger partial charge >= 0.3 is 0 Å². The third-order valence-electron chi connectivity index (χ3n) is 4.50. The van der Waals surface area contributed by atoms with Gasteiger partial charge in [0.25, 0.3) is 0 Å². The summed E-state index contributed by atoms with van der Waals surface area (Å²) in [6.45, 7) is 7.77. The number of carbonyl (C=O) groups is 1. The van der Waals surface area contributed by atoms with Gasteiger partial charge < -0.3 is 9.64 Å². The van der Waals surface area contributed by atoms with Gasteiger partial charge in [-0.2, -0.15) is 5.10 Å². The summed E-state index contributed by atoms with van der Waals surface area (Å²) in [6.07, 6.45) is 4.14. The van der Waals surface area contributed by atoms with Crippen molar-refractivity contribution in [2.24, 2.45) is 0 Å². The number of aromatic nitrogens is 2. The molecule has 3 rings (SSSR count). The SMILES string of the molecule is CC(=O)N1CCN(CCCCOCc2cc3ccccn3n2)CC1. The van der Waals surface area contributed by atoms with Gasteiger partial charge in [0.1, 0.15) is 0 Å². The quantitative estimate of drug-likeness (QED) is 0.727. The monoisotopic (exact) mass is 330 g/mol. The molecule has 1 amide bonds. The fourth-order valence-electron chi connectivity index (χ4n) is 3.06. The van der Waals surface area contributed by atoms with E-state index >= 15 is 0 Å². The Balaban J connectivity index is 1.27. The van der Waals surface area contributed by atoms with Crippen molar-refractivity contribution in [3.63, 3.8) is 0 Å². The van der Waals surface area contributed by atoms with E-state index in [-0.39, 0.29) is 5.91 Å². The van der Waals surface area contributed by atoms with E-state index in [1.807, 2.05) is 33.8 Å². The van der Waals surface area contributed by atoms with Crippen molar-refractivity contribution in [3.8, 4) is 0 Å². The third kappa shape index (κ3) is 4.55. The molecule has 6 nitrogen and oxygen atoms in total. The zero-order valence-corrected chi connectivity index (χ0v) is 14.4. The molecule has 1 saturated heterocycles. The van der Waals surface area contributed by atoms with Crippen LogP contribution >= 0.6 is 0 Å². The van der Waals surface area contributed by atoms with Crippen LogP contribution in [-0.4, -0.2) is 64.7 Å². The first-order valence-electron chi connectivity index (χ1n) is 8.71. The molecule has 0 bridgehead atoms. The van der Waals surface area contributed by atoms with Crippen LogP contribution in [0, 0.1) is 0 Å². The second kappa shape index (κ2) is 8.26. The fraction of sp³-hybridized carbons (Fsp3) is 0.556. The van der Waals surface area contributed by atoms with Crippen LogP contribution in [0.1, 0.15) is 25.5 Å². The maximum Gasteiger partial charge on any atom is 0.219 e. The van der Waals surface area contributed by atoms with Crippen LogP contribution in [0.5, 0.6) is 0 Å². The van der Waals surface area contributed by atoms with Crippen molar-refractivity contribution < 1.29 is 9.53 Å². The first-order valence-corrected chi connectivity index (χ1v) is 8.71. The highest BCUT2D eigenvalue weighted by atomic mass is 16.5. The van der Waals surface area contributed by atoms with E-state index in [1.54, 1.807) is 6.92 Å². The van der Waals surface area contributed by atoms with Crippen LogP contribution in [0.3, 0.4) is 0 Å². The lowest BCUT2D eigenvalue weighted by atomic mass is 10.2. The molecule has 24 heavy (non-hydrogen) atoms. The van der Waals surface area contributed by atoms with Gasteiger partial charge in [0.05, 0.1) is 17.8 Å². The molecule has 2 aromatic heterocycles. The summed E-state index contributed by atoms with van der Waals surface area (Å²) in [5.74, 6) is 0.190. The second-order valence-corrected chi connectivity index (χ2v) is 6.31. The molecule has 1 aliphatic rings. The third-order valence-corrected chi connectivity index (χ3v) is 4.50. The number of nitrogens with zero attached hydrogens (tertiary/aromatic N) is 4. The van der Waals surface area contributed by atoms with Crippen molar-refractivity contribution >= 4 is 11.4 Å². The van der Waals surface area contributed by atoms with Gasteiger partial charge in [-0.15, -0.1) is 0 Å².